The number of carbonyl (C=O) groups excluding carboxylic acids is 2. The van der Waals surface area contributed by atoms with E-state index in [9.17, 15) is 9.59 Å². The standard InChI is InChI=1S/C11H20N2O2S/c1-3-12-11(15)9-5-4-6-13(7-9)10(14)8-16-2/h9H,3-8H2,1-2H3,(H,12,15)/t9-/m0/s1. The van der Waals surface area contributed by atoms with Crippen molar-refractivity contribution < 1.29 is 9.59 Å². The first kappa shape index (κ1) is 13.4. The molecule has 92 valence electrons. The SMILES string of the molecule is CCNC(=O)[C@H]1CCCN(C(=O)CSC)C1. The van der Waals surface area contributed by atoms with E-state index in [1.54, 1.807) is 0 Å². The first-order chi connectivity index (χ1) is 7.69. The minimum Gasteiger partial charge on any atom is -0.356 e. The topological polar surface area (TPSA) is 49.4 Å². The van der Waals surface area contributed by atoms with Gasteiger partial charge in [-0.25, -0.2) is 0 Å². The molecule has 1 aliphatic rings. The van der Waals surface area contributed by atoms with Crippen LogP contribution in [0.5, 0.6) is 0 Å². The molecule has 1 atom stereocenters. The number of thioether (sulfide) groups is 1. The Balaban J connectivity index is 2.46. The summed E-state index contributed by atoms with van der Waals surface area (Å²) in [5.41, 5.74) is 0. The third kappa shape index (κ3) is 3.70. The van der Waals surface area contributed by atoms with Crippen LogP contribution >= 0.6 is 11.8 Å². The fourth-order valence-electron chi connectivity index (χ4n) is 1.95. The second-order valence-electron chi connectivity index (χ2n) is 4.01. The van der Waals surface area contributed by atoms with Crippen molar-refractivity contribution in [3.05, 3.63) is 0 Å². The number of nitrogens with zero attached hydrogens (tertiary/aromatic N) is 1. The van der Waals surface area contributed by atoms with Crippen molar-refractivity contribution in [2.75, 3.05) is 31.6 Å². The van der Waals surface area contributed by atoms with E-state index >= 15 is 0 Å². The van der Waals surface area contributed by atoms with Crippen LogP contribution in [0, 0.1) is 5.92 Å². The van der Waals surface area contributed by atoms with Gasteiger partial charge in [-0.1, -0.05) is 0 Å². The molecule has 2 amide bonds. The maximum Gasteiger partial charge on any atom is 0.232 e. The van der Waals surface area contributed by atoms with E-state index in [-0.39, 0.29) is 17.7 Å². The molecule has 16 heavy (non-hydrogen) atoms. The summed E-state index contributed by atoms with van der Waals surface area (Å²) >= 11 is 1.53. The van der Waals surface area contributed by atoms with Gasteiger partial charge in [-0.05, 0) is 26.0 Å². The number of hydrogen-bond donors (Lipinski definition) is 1. The van der Waals surface area contributed by atoms with Crippen molar-refractivity contribution >= 4 is 23.6 Å². The monoisotopic (exact) mass is 244 g/mol. The van der Waals surface area contributed by atoms with Gasteiger partial charge in [0.25, 0.3) is 0 Å². The van der Waals surface area contributed by atoms with Crippen molar-refractivity contribution in [1.29, 1.82) is 0 Å². The molecule has 1 N–H and O–H groups in total. The van der Waals surface area contributed by atoms with E-state index in [0.29, 0.717) is 18.8 Å². The molecule has 0 saturated carbocycles. The number of rotatable bonds is 4. The van der Waals surface area contributed by atoms with Crippen molar-refractivity contribution in [2.24, 2.45) is 5.92 Å². The van der Waals surface area contributed by atoms with Gasteiger partial charge in [0.2, 0.25) is 11.8 Å². The normalized spacial score (nSPS) is 20.6. The van der Waals surface area contributed by atoms with Crippen LogP contribution in [0.25, 0.3) is 0 Å². The molecule has 0 aromatic rings. The Morgan fingerprint density at radius 1 is 1.50 bits per heavy atom. The molecule has 1 saturated heterocycles. The summed E-state index contributed by atoms with van der Waals surface area (Å²) in [5, 5.41) is 2.82. The molecular formula is C11H20N2O2S. The second kappa shape index (κ2) is 6.78. The number of hydrogen-bond acceptors (Lipinski definition) is 3. The molecule has 1 fully saturated rings. The van der Waals surface area contributed by atoms with Crippen LogP contribution in [-0.4, -0.2) is 48.4 Å². The average Bonchev–Trinajstić information content (AvgIpc) is 2.30. The molecule has 0 unspecified atom stereocenters. The van der Waals surface area contributed by atoms with Gasteiger partial charge < -0.3 is 10.2 Å². The zero-order valence-corrected chi connectivity index (χ0v) is 10.8. The van der Waals surface area contributed by atoms with Gasteiger partial charge in [0.05, 0.1) is 11.7 Å². The summed E-state index contributed by atoms with van der Waals surface area (Å²) in [6, 6.07) is 0. The van der Waals surface area contributed by atoms with Crippen molar-refractivity contribution in [3.63, 3.8) is 0 Å². The molecule has 0 aromatic heterocycles. The maximum atomic E-state index is 11.7. The summed E-state index contributed by atoms with van der Waals surface area (Å²) in [5.74, 6) is 0.743. The van der Waals surface area contributed by atoms with E-state index in [1.165, 1.54) is 11.8 Å². The molecule has 0 radical (unpaired) electrons. The van der Waals surface area contributed by atoms with Crippen LogP contribution < -0.4 is 5.32 Å². The average molecular weight is 244 g/mol. The van der Waals surface area contributed by atoms with E-state index < -0.39 is 0 Å². The Morgan fingerprint density at radius 3 is 2.88 bits per heavy atom. The zero-order chi connectivity index (χ0) is 12.0. The fraction of sp³-hybridized carbons (Fsp3) is 0.818. The van der Waals surface area contributed by atoms with Crippen LogP contribution in [0.15, 0.2) is 0 Å². The highest BCUT2D eigenvalue weighted by Crippen LogP contribution is 2.17. The van der Waals surface area contributed by atoms with Crippen LogP contribution in [0.2, 0.25) is 0 Å². The van der Waals surface area contributed by atoms with Crippen molar-refractivity contribution in [3.8, 4) is 0 Å². The Morgan fingerprint density at radius 2 is 2.25 bits per heavy atom. The van der Waals surface area contributed by atoms with Gasteiger partial charge in [0, 0.05) is 19.6 Å². The van der Waals surface area contributed by atoms with Crippen LogP contribution in [0.3, 0.4) is 0 Å². The lowest BCUT2D eigenvalue weighted by Gasteiger charge is -2.31. The lowest BCUT2D eigenvalue weighted by molar-refractivity contribution is -0.133. The second-order valence-corrected chi connectivity index (χ2v) is 4.87. The molecule has 0 aliphatic carbocycles. The summed E-state index contributed by atoms with van der Waals surface area (Å²) in [7, 11) is 0. The minimum absolute atomic E-state index is 0.0143. The molecular weight excluding hydrogens is 224 g/mol. The molecule has 1 heterocycles. The zero-order valence-electron chi connectivity index (χ0n) is 9.99. The molecule has 0 bridgehead atoms. The van der Waals surface area contributed by atoms with Gasteiger partial charge in [-0.3, -0.25) is 9.59 Å². The van der Waals surface area contributed by atoms with Gasteiger partial charge in [0.1, 0.15) is 0 Å². The maximum absolute atomic E-state index is 11.7. The summed E-state index contributed by atoms with van der Waals surface area (Å²) in [4.78, 5) is 25.2. The smallest absolute Gasteiger partial charge is 0.232 e. The minimum atomic E-state index is -0.0143. The molecule has 0 spiro atoms. The highest BCUT2D eigenvalue weighted by Gasteiger charge is 2.27. The molecule has 1 rings (SSSR count). The first-order valence-corrected chi connectivity index (χ1v) is 7.12. The Hall–Kier alpha value is -0.710. The molecule has 1 aliphatic heterocycles. The number of piperidine rings is 1. The fourth-order valence-corrected chi connectivity index (χ4v) is 2.38. The highest BCUT2D eigenvalue weighted by molar-refractivity contribution is 7.99. The summed E-state index contributed by atoms with van der Waals surface area (Å²) in [6.45, 7) is 3.96. The van der Waals surface area contributed by atoms with E-state index in [4.69, 9.17) is 0 Å². The Kier molecular flexibility index (Phi) is 5.66. The van der Waals surface area contributed by atoms with Gasteiger partial charge in [0.15, 0.2) is 0 Å². The van der Waals surface area contributed by atoms with Crippen LogP contribution in [0.4, 0.5) is 0 Å². The molecule has 5 heteroatoms. The first-order valence-electron chi connectivity index (χ1n) is 5.73. The van der Waals surface area contributed by atoms with Crippen molar-refractivity contribution in [1.82, 2.24) is 10.2 Å². The van der Waals surface area contributed by atoms with E-state index in [1.807, 2.05) is 18.1 Å². The summed E-state index contributed by atoms with van der Waals surface area (Å²) in [6.07, 6.45) is 3.75. The number of amides is 2. The van der Waals surface area contributed by atoms with Gasteiger partial charge in [-0.2, -0.15) is 11.8 Å². The molecule has 4 nitrogen and oxygen atoms in total. The Labute approximate surface area is 101 Å². The van der Waals surface area contributed by atoms with Gasteiger partial charge >= 0.3 is 0 Å². The largest absolute Gasteiger partial charge is 0.356 e. The molecule has 0 aromatic carbocycles. The van der Waals surface area contributed by atoms with Gasteiger partial charge in [-0.15, -0.1) is 0 Å². The van der Waals surface area contributed by atoms with Crippen molar-refractivity contribution in [2.45, 2.75) is 19.8 Å². The number of carbonyl (C=O) groups is 2. The lowest BCUT2D eigenvalue weighted by Crippen LogP contribution is -2.46. The quantitative estimate of drug-likeness (QED) is 0.793. The highest BCUT2D eigenvalue weighted by atomic mass is 32.2. The van der Waals surface area contributed by atoms with Crippen LogP contribution in [-0.2, 0) is 9.59 Å². The van der Waals surface area contributed by atoms with Crippen LogP contribution in [0.1, 0.15) is 19.8 Å². The number of likely N-dealkylation sites (tertiary alicyclic amines) is 1. The van der Waals surface area contributed by atoms with E-state index in [0.717, 1.165) is 19.4 Å². The van der Waals surface area contributed by atoms with E-state index in [2.05, 4.69) is 5.32 Å². The third-order valence-electron chi connectivity index (χ3n) is 2.76. The lowest BCUT2D eigenvalue weighted by atomic mass is 9.97. The predicted molar refractivity (Wildman–Crippen MR) is 66.4 cm³/mol. The number of nitrogens with one attached hydrogen (secondary N) is 1. The predicted octanol–water partition coefficient (Wildman–Crippen LogP) is 0.724. The summed E-state index contributed by atoms with van der Waals surface area (Å²) < 4.78 is 0. The third-order valence-corrected chi connectivity index (χ3v) is 3.30. The Bertz CT molecular complexity index is 234.